The normalized spacial score (nSPS) is 10.5. The average Bonchev–Trinajstić information content (AvgIpc) is 2.34. The first-order chi connectivity index (χ1) is 9.02. The Kier molecular flexibility index (Phi) is 4.46. The summed E-state index contributed by atoms with van der Waals surface area (Å²) in [6, 6.07) is 8.69. The van der Waals surface area contributed by atoms with E-state index in [4.69, 9.17) is 45.3 Å². The van der Waals surface area contributed by atoms with Gasteiger partial charge in [0.2, 0.25) is 0 Å². The Balaban J connectivity index is 2.53. The van der Waals surface area contributed by atoms with E-state index in [9.17, 15) is 0 Å². The molecule has 0 amide bonds. The molecule has 2 nitrogen and oxygen atoms in total. The second-order valence-electron chi connectivity index (χ2n) is 3.93. The fraction of sp³-hybridized carbons (Fsp3) is 0.143. The van der Waals surface area contributed by atoms with Gasteiger partial charge in [0.15, 0.2) is 0 Å². The fourth-order valence-corrected chi connectivity index (χ4v) is 2.43. The Bertz CT molecular complexity index is 614. The van der Waals surface area contributed by atoms with Crippen LogP contribution in [0.1, 0.15) is 6.92 Å². The minimum absolute atomic E-state index is 0.496. The van der Waals surface area contributed by atoms with Crippen molar-refractivity contribution < 1.29 is 4.74 Å². The van der Waals surface area contributed by atoms with Gasteiger partial charge in [-0.05, 0) is 25.1 Å². The molecule has 0 saturated carbocycles. The molecule has 19 heavy (non-hydrogen) atoms. The van der Waals surface area contributed by atoms with Crippen molar-refractivity contribution in [1.82, 2.24) is 0 Å². The molecule has 0 fully saturated rings. The number of hydrogen-bond acceptors (Lipinski definition) is 2. The highest BCUT2D eigenvalue weighted by atomic mass is 35.5. The van der Waals surface area contributed by atoms with Crippen LogP contribution in [0.5, 0.6) is 5.75 Å². The van der Waals surface area contributed by atoms with Crippen molar-refractivity contribution >= 4 is 40.5 Å². The second-order valence-corrected chi connectivity index (χ2v) is 5.18. The molecule has 2 rings (SSSR count). The monoisotopic (exact) mass is 315 g/mol. The molecule has 2 aromatic rings. The van der Waals surface area contributed by atoms with Gasteiger partial charge in [0.05, 0.1) is 16.7 Å². The molecule has 0 atom stereocenters. The first-order valence-electron chi connectivity index (χ1n) is 5.70. The molecule has 0 aliphatic rings. The number of benzene rings is 2. The van der Waals surface area contributed by atoms with Crippen molar-refractivity contribution in [3.05, 3.63) is 45.4 Å². The molecule has 2 aromatic carbocycles. The van der Waals surface area contributed by atoms with E-state index in [1.807, 2.05) is 13.0 Å². The smallest absolute Gasteiger partial charge is 0.139 e. The Morgan fingerprint density at radius 3 is 2.37 bits per heavy atom. The number of hydrogen-bond donors (Lipinski definition) is 1. The molecule has 100 valence electrons. The number of anilines is 1. The van der Waals surface area contributed by atoms with E-state index >= 15 is 0 Å². The summed E-state index contributed by atoms with van der Waals surface area (Å²) in [6.45, 7) is 2.41. The van der Waals surface area contributed by atoms with Gasteiger partial charge >= 0.3 is 0 Å². The molecule has 0 aromatic heterocycles. The number of nitrogens with two attached hydrogens (primary N) is 1. The maximum atomic E-state index is 6.26. The van der Waals surface area contributed by atoms with E-state index < -0.39 is 0 Å². The van der Waals surface area contributed by atoms with E-state index in [0.717, 1.165) is 11.1 Å². The third kappa shape index (κ3) is 3.08. The van der Waals surface area contributed by atoms with E-state index in [1.165, 1.54) is 0 Å². The highest BCUT2D eigenvalue weighted by Crippen LogP contribution is 2.39. The van der Waals surface area contributed by atoms with Gasteiger partial charge in [-0.3, -0.25) is 0 Å². The van der Waals surface area contributed by atoms with Crippen molar-refractivity contribution in [2.45, 2.75) is 6.92 Å². The van der Waals surface area contributed by atoms with Crippen LogP contribution in [0.15, 0.2) is 30.3 Å². The Morgan fingerprint density at radius 2 is 1.74 bits per heavy atom. The summed E-state index contributed by atoms with van der Waals surface area (Å²) in [7, 11) is 0. The van der Waals surface area contributed by atoms with Crippen LogP contribution in [0.25, 0.3) is 11.1 Å². The van der Waals surface area contributed by atoms with Crippen LogP contribution in [0.4, 0.5) is 5.69 Å². The SMILES string of the molecule is CCOc1cc(Cl)c(-c2ccc(Cl)cc2N)cc1Cl. The molecule has 0 heterocycles. The number of halogens is 3. The minimum Gasteiger partial charge on any atom is -0.492 e. The van der Waals surface area contributed by atoms with E-state index in [0.29, 0.717) is 33.1 Å². The molecule has 2 N–H and O–H groups in total. The van der Waals surface area contributed by atoms with Gasteiger partial charge in [0, 0.05) is 27.9 Å². The summed E-state index contributed by atoms with van der Waals surface area (Å²) in [5.74, 6) is 0.561. The van der Waals surface area contributed by atoms with E-state index in [2.05, 4.69) is 0 Å². The Morgan fingerprint density at radius 1 is 1.00 bits per heavy atom. The molecule has 5 heteroatoms. The summed E-state index contributed by atoms with van der Waals surface area (Å²) in [5, 5.41) is 1.60. The van der Waals surface area contributed by atoms with E-state index in [1.54, 1.807) is 24.3 Å². The largest absolute Gasteiger partial charge is 0.492 e. The fourth-order valence-electron chi connectivity index (χ4n) is 1.78. The second kappa shape index (κ2) is 5.91. The maximum Gasteiger partial charge on any atom is 0.139 e. The predicted octanol–water partition coefficient (Wildman–Crippen LogP) is 5.29. The minimum atomic E-state index is 0.496. The van der Waals surface area contributed by atoms with Crippen molar-refractivity contribution in [2.24, 2.45) is 0 Å². The molecule has 0 aliphatic carbocycles. The lowest BCUT2D eigenvalue weighted by Gasteiger charge is -2.12. The lowest BCUT2D eigenvalue weighted by atomic mass is 10.0. The van der Waals surface area contributed by atoms with Crippen LogP contribution in [0, 0.1) is 0 Å². The summed E-state index contributed by atoms with van der Waals surface area (Å²) >= 11 is 18.3. The number of rotatable bonds is 3. The molecule has 0 bridgehead atoms. The highest BCUT2D eigenvalue weighted by Gasteiger charge is 2.12. The van der Waals surface area contributed by atoms with Gasteiger partial charge in [0.1, 0.15) is 5.75 Å². The number of nitrogen functional groups attached to an aromatic ring is 1. The van der Waals surface area contributed by atoms with Crippen molar-refractivity contribution in [3.8, 4) is 16.9 Å². The highest BCUT2D eigenvalue weighted by molar-refractivity contribution is 6.36. The van der Waals surface area contributed by atoms with Crippen LogP contribution in [-0.4, -0.2) is 6.61 Å². The van der Waals surface area contributed by atoms with Crippen molar-refractivity contribution in [1.29, 1.82) is 0 Å². The average molecular weight is 317 g/mol. The van der Waals surface area contributed by atoms with Crippen molar-refractivity contribution in [3.63, 3.8) is 0 Å². The summed E-state index contributed by atoms with van der Waals surface area (Å²) in [6.07, 6.45) is 0. The zero-order valence-corrected chi connectivity index (χ0v) is 12.5. The Hall–Kier alpha value is -1.09. The summed E-state index contributed by atoms with van der Waals surface area (Å²) in [5.41, 5.74) is 8.05. The summed E-state index contributed by atoms with van der Waals surface area (Å²) in [4.78, 5) is 0. The zero-order chi connectivity index (χ0) is 14.0. The topological polar surface area (TPSA) is 35.2 Å². The number of ether oxygens (including phenoxy) is 1. The molecule has 0 aliphatic heterocycles. The molecule has 0 radical (unpaired) electrons. The predicted molar refractivity (Wildman–Crippen MR) is 82.5 cm³/mol. The quantitative estimate of drug-likeness (QED) is 0.780. The molecular formula is C14H12Cl3NO. The maximum absolute atomic E-state index is 6.26. The van der Waals surface area contributed by atoms with Crippen LogP contribution < -0.4 is 10.5 Å². The van der Waals surface area contributed by atoms with Crippen LogP contribution in [-0.2, 0) is 0 Å². The molecule has 0 unspecified atom stereocenters. The summed E-state index contributed by atoms with van der Waals surface area (Å²) < 4.78 is 5.39. The van der Waals surface area contributed by atoms with Gasteiger partial charge in [-0.1, -0.05) is 40.9 Å². The van der Waals surface area contributed by atoms with Crippen molar-refractivity contribution in [2.75, 3.05) is 12.3 Å². The zero-order valence-electron chi connectivity index (χ0n) is 10.2. The molecule has 0 spiro atoms. The van der Waals surface area contributed by atoms with Gasteiger partial charge in [0.25, 0.3) is 0 Å². The lowest BCUT2D eigenvalue weighted by molar-refractivity contribution is 0.340. The van der Waals surface area contributed by atoms with Gasteiger partial charge in [-0.15, -0.1) is 0 Å². The standard InChI is InChI=1S/C14H12Cl3NO/c1-2-19-14-7-11(16)10(6-12(14)17)9-4-3-8(15)5-13(9)18/h3-7H,2,18H2,1H3. The van der Waals surface area contributed by atoms with Gasteiger partial charge < -0.3 is 10.5 Å². The molecular weight excluding hydrogens is 305 g/mol. The van der Waals surface area contributed by atoms with Gasteiger partial charge in [-0.25, -0.2) is 0 Å². The van der Waals surface area contributed by atoms with Crippen LogP contribution in [0.2, 0.25) is 15.1 Å². The lowest BCUT2D eigenvalue weighted by Crippen LogP contribution is -1.94. The Labute approximate surface area is 127 Å². The first kappa shape index (κ1) is 14.3. The van der Waals surface area contributed by atoms with Crippen LogP contribution in [0.3, 0.4) is 0 Å². The first-order valence-corrected chi connectivity index (χ1v) is 6.83. The third-order valence-corrected chi connectivity index (χ3v) is 3.47. The molecule has 0 saturated heterocycles. The third-order valence-electron chi connectivity index (χ3n) is 2.63. The van der Waals surface area contributed by atoms with Gasteiger partial charge in [-0.2, -0.15) is 0 Å². The van der Waals surface area contributed by atoms with E-state index in [-0.39, 0.29) is 0 Å². The van der Waals surface area contributed by atoms with Crippen LogP contribution >= 0.6 is 34.8 Å².